The van der Waals surface area contributed by atoms with E-state index in [9.17, 15) is 13.5 Å². The average Bonchev–Trinajstić information content (AvgIpc) is 2.34. The molecular weight excluding hydrogens is 288 g/mol. The van der Waals surface area contributed by atoms with Crippen LogP contribution < -0.4 is 5.73 Å². The second-order valence-electron chi connectivity index (χ2n) is 5.58. The number of benzene rings is 1. The summed E-state index contributed by atoms with van der Waals surface area (Å²) < 4.78 is 26.4. The van der Waals surface area contributed by atoms with E-state index in [-0.39, 0.29) is 18.0 Å². The van der Waals surface area contributed by atoms with Crippen LogP contribution in [0.1, 0.15) is 25.0 Å². The van der Waals surface area contributed by atoms with E-state index in [4.69, 9.17) is 5.73 Å². The highest BCUT2D eigenvalue weighted by molar-refractivity contribution is 7.89. The van der Waals surface area contributed by atoms with Gasteiger partial charge in [0.15, 0.2) is 0 Å². The monoisotopic (exact) mass is 310 g/mol. The van der Waals surface area contributed by atoms with E-state index in [2.05, 4.69) is 11.8 Å². The third-order valence-electron chi connectivity index (χ3n) is 2.76. The first-order chi connectivity index (χ1) is 9.58. The van der Waals surface area contributed by atoms with Crippen LogP contribution in [-0.2, 0) is 10.0 Å². The maximum Gasteiger partial charge on any atom is 0.244 e. The van der Waals surface area contributed by atoms with Gasteiger partial charge in [-0.3, -0.25) is 0 Å². The van der Waals surface area contributed by atoms with E-state index < -0.39 is 15.6 Å². The lowest BCUT2D eigenvalue weighted by atomic mass is 10.1. The highest BCUT2D eigenvalue weighted by Gasteiger charge is 2.28. The topological polar surface area (TPSA) is 83.6 Å². The van der Waals surface area contributed by atoms with Crippen molar-refractivity contribution in [3.63, 3.8) is 0 Å². The Morgan fingerprint density at radius 3 is 2.52 bits per heavy atom. The number of rotatable bonds is 4. The van der Waals surface area contributed by atoms with Crippen molar-refractivity contribution in [2.75, 3.05) is 20.1 Å². The maximum atomic E-state index is 12.6. The summed E-state index contributed by atoms with van der Waals surface area (Å²) in [4.78, 5) is 0.126. The van der Waals surface area contributed by atoms with Gasteiger partial charge in [0.1, 0.15) is 0 Å². The summed E-state index contributed by atoms with van der Waals surface area (Å²) in [5.41, 5.74) is 5.57. The fourth-order valence-electron chi connectivity index (χ4n) is 1.91. The van der Waals surface area contributed by atoms with Crippen molar-refractivity contribution in [1.29, 1.82) is 0 Å². The zero-order valence-corrected chi connectivity index (χ0v) is 13.7. The molecule has 116 valence electrons. The lowest BCUT2D eigenvalue weighted by molar-refractivity contribution is 0.0640. The SMILES string of the molecule is Cc1ccc(S(=O)(=O)N(C)CC(C)(C)O)c(C#CCN)c1. The van der Waals surface area contributed by atoms with Crippen molar-refractivity contribution >= 4 is 10.0 Å². The maximum absolute atomic E-state index is 12.6. The lowest BCUT2D eigenvalue weighted by Gasteiger charge is -2.25. The van der Waals surface area contributed by atoms with E-state index in [1.807, 2.05) is 6.92 Å². The fourth-order valence-corrected chi connectivity index (χ4v) is 3.36. The molecule has 0 aromatic heterocycles. The molecule has 0 saturated heterocycles. The van der Waals surface area contributed by atoms with Crippen molar-refractivity contribution in [2.24, 2.45) is 5.73 Å². The molecule has 0 aliphatic heterocycles. The molecule has 0 radical (unpaired) electrons. The van der Waals surface area contributed by atoms with E-state index in [1.54, 1.807) is 26.0 Å². The van der Waals surface area contributed by atoms with Gasteiger partial charge >= 0.3 is 0 Å². The normalized spacial score (nSPS) is 12.1. The molecule has 1 rings (SSSR count). The molecular formula is C15H22N2O3S. The molecule has 1 aromatic rings. The minimum Gasteiger partial charge on any atom is -0.389 e. The van der Waals surface area contributed by atoms with Crippen LogP contribution in [0, 0.1) is 18.8 Å². The quantitative estimate of drug-likeness (QED) is 0.802. The summed E-state index contributed by atoms with van der Waals surface area (Å²) in [7, 11) is -2.28. The van der Waals surface area contributed by atoms with Crippen molar-refractivity contribution in [3.05, 3.63) is 29.3 Å². The summed E-state index contributed by atoms with van der Waals surface area (Å²) >= 11 is 0. The molecule has 0 amide bonds. The van der Waals surface area contributed by atoms with Crippen molar-refractivity contribution in [1.82, 2.24) is 4.31 Å². The Morgan fingerprint density at radius 1 is 1.38 bits per heavy atom. The number of aryl methyl sites for hydroxylation is 1. The minimum atomic E-state index is -3.72. The number of likely N-dealkylation sites (N-methyl/N-ethyl adjacent to an activating group) is 1. The molecule has 3 N–H and O–H groups in total. The van der Waals surface area contributed by atoms with Crippen molar-refractivity contribution < 1.29 is 13.5 Å². The summed E-state index contributed by atoms with van der Waals surface area (Å²) in [5.74, 6) is 5.47. The zero-order chi connectivity index (χ0) is 16.3. The largest absolute Gasteiger partial charge is 0.389 e. The second-order valence-corrected chi connectivity index (χ2v) is 7.59. The first-order valence-electron chi connectivity index (χ1n) is 6.56. The molecule has 0 bridgehead atoms. The molecule has 5 nitrogen and oxygen atoms in total. The Morgan fingerprint density at radius 2 is 2.00 bits per heavy atom. The molecule has 0 aliphatic rings. The Kier molecular flexibility index (Phi) is 5.54. The molecule has 6 heteroatoms. The molecule has 0 unspecified atom stereocenters. The lowest BCUT2D eigenvalue weighted by Crippen LogP contribution is -2.39. The van der Waals surface area contributed by atoms with Gasteiger partial charge in [0.2, 0.25) is 10.0 Å². The van der Waals surface area contributed by atoms with Crippen molar-refractivity contribution in [3.8, 4) is 11.8 Å². The molecule has 21 heavy (non-hydrogen) atoms. The second kappa shape index (κ2) is 6.58. The number of nitrogens with two attached hydrogens (primary N) is 1. The van der Waals surface area contributed by atoms with Crippen LogP contribution in [0.15, 0.2) is 23.1 Å². The zero-order valence-electron chi connectivity index (χ0n) is 12.8. The van der Waals surface area contributed by atoms with Crippen molar-refractivity contribution in [2.45, 2.75) is 31.3 Å². The summed E-state index contributed by atoms with van der Waals surface area (Å²) in [6.07, 6.45) is 0. The molecule has 0 aliphatic carbocycles. The van der Waals surface area contributed by atoms with Gasteiger partial charge in [-0.1, -0.05) is 17.9 Å². The molecule has 0 saturated carbocycles. The van der Waals surface area contributed by atoms with Gasteiger partial charge in [-0.25, -0.2) is 8.42 Å². The molecule has 0 atom stereocenters. The molecule has 0 heterocycles. The van der Waals surface area contributed by atoms with Gasteiger partial charge in [-0.2, -0.15) is 4.31 Å². The first-order valence-corrected chi connectivity index (χ1v) is 8.00. The number of hydrogen-bond donors (Lipinski definition) is 2. The number of aliphatic hydroxyl groups is 1. The molecule has 1 aromatic carbocycles. The van der Waals surface area contributed by atoms with Crippen LogP contribution in [-0.4, -0.2) is 43.6 Å². The summed E-state index contributed by atoms with van der Waals surface area (Å²) in [5, 5.41) is 9.80. The van der Waals surface area contributed by atoms with Crippen LogP contribution in [0.3, 0.4) is 0 Å². The number of hydrogen-bond acceptors (Lipinski definition) is 4. The predicted molar refractivity (Wildman–Crippen MR) is 83.2 cm³/mol. The highest BCUT2D eigenvalue weighted by atomic mass is 32.2. The molecule has 0 spiro atoms. The summed E-state index contributed by atoms with van der Waals surface area (Å²) in [6.45, 7) is 5.14. The van der Waals surface area contributed by atoms with Gasteiger partial charge in [0.25, 0.3) is 0 Å². The van der Waals surface area contributed by atoms with Gasteiger partial charge in [-0.05, 0) is 38.5 Å². The van der Waals surface area contributed by atoms with E-state index in [0.717, 1.165) is 9.87 Å². The third kappa shape index (κ3) is 4.83. The Hall–Kier alpha value is -1.39. The third-order valence-corrected chi connectivity index (χ3v) is 4.62. The van der Waals surface area contributed by atoms with E-state index in [0.29, 0.717) is 5.56 Å². The Balaban J connectivity index is 3.31. The number of sulfonamides is 1. The fraction of sp³-hybridized carbons (Fsp3) is 0.467. The van der Waals surface area contributed by atoms with Gasteiger partial charge in [0, 0.05) is 19.2 Å². The van der Waals surface area contributed by atoms with Crippen LogP contribution in [0.4, 0.5) is 0 Å². The highest BCUT2D eigenvalue weighted by Crippen LogP contribution is 2.21. The Bertz CT molecular complexity index is 664. The minimum absolute atomic E-state index is 0.00698. The van der Waals surface area contributed by atoms with Gasteiger partial charge < -0.3 is 10.8 Å². The van der Waals surface area contributed by atoms with Crippen LogP contribution in [0.25, 0.3) is 0 Å². The first kappa shape index (κ1) is 17.7. The van der Waals surface area contributed by atoms with E-state index >= 15 is 0 Å². The average molecular weight is 310 g/mol. The van der Waals surface area contributed by atoms with Crippen LogP contribution >= 0.6 is 0 Å². The van der Waals surface area contributed by atoms with Crippen LogP contribution in [0.5, 0.6) is 0 Å². The van der Waals surface area contributed by atoms with E-state index in [1.165, 1.54) is 13.1 Å². The number of nitrogens with zero attached hydrogens (tertiary/aromatic N) is 1. The molecule has 0 fully saturated rings. The van der Waals surface area contributed by atoms with Gasteiger partial charge in [-0.15, -0.1) is 0 Å². The van der Waals surface area contributed by atoms with Gasteiger partial charge in [0.05, 0.1) is 17.0 Å². The smallest absolute Gasteiger partial charge is 0.244 e. The summed E-state index contributed by atoms with van der Waals surface area (Å²) in [6, 6.07) is 4.97. The standard InChI is InChI=1S/C15H22N2O3S/c1-12-7-8-14(13(10-12)6-5-9-16)21(19,20)17(4)11-15(2,3)18/h7-8,10,18H,9,11,16H2,1-4H3. The predicted octanol–water partition coefficient (Wildman–Crippen LogP) is 0.697. The van der Waals surface area contributed by atoms with Crippen LogP contribution in [0.2, 0.25) is 0 Å². The Labute approximate surface area is 126 Å².